The van der Waals surface area contributed by atoms with Crippen LogP contribution in [0.5, 0.6) is 0 Å². The van der Waals surface area contributed by atoms with Gasteiger partial charge in [-0.1, -0.05) is 38.3 Å². The van der Waals surface area contributed by atoms with Gasteiger partial charge in [-0.15, -0.1) is 11.8 Å². The van der Waals surface area contributed by atoms with Gasteiger partial charge in [-0.2, -0.15) is 0 Å². The molecule has 152 valence electrons. The highest BCUT2D eigenvalue weighted by molar-refractivity contribution is 8.00. The zero-order valence-electron chi connectivity index (χ0n) is 16.9. The van der Waals surface area contributed by atoms with E-state index >= 15 is 0 Å². The number of carbonyl (C=O) groups excluding carboxylic acids is 2. The number of thioether (sulfide) groups is 1. The molecular formula is C22H30N2O3S. The Bertz CT molecular complexity index is 737. The number of rotatable bonds is 6. The lowest BCUT2D eigenvalue weighted by Crippen LogP contribution is -2.46. The first-order chi connectivity index (χ1) is 13.5. The van der Waals surface area contributed by atoms with Crippen molar-refractivity contribution in [2.75, 3.05) is 0 Å². The third-order valence-electron chi connectivity index (χ3n) is 5.14. The molecule has 1 heterocycles. The van der Waals surface area contributed by atoms with Crippen LogP contribution in [0.1, 0.15) is 70.9 Å². The van der Waals surface area contributed by atoms with Crippen molar-refractivity contribution in [2.45, 2.75) is 81.6 Å². The summed E-state index contributed by atoms with van der Waals surface area (Å²) < 4.78 is 5.44. The molecule has 0 bridgehead atoms. The molecule has 1 aliphatic heterocycles. The summed E-state index contributed by atoms with van der Waals surface area (Å²) in [6.45, 7) is 5.57. The molecule has 0 spiro atoms. The summed E-state index contributed by atoms with van der Waals surface area (Å²) in [4.78, 5) is 26.1. The van der Waals surface area contributed by atoms with Crippen LogP contribution in [0.4, 0.5) is 4.79 Å². The van der Waals surface area contributed by atoms with Crippen molar-refractivity contribution in [1.29, 1.82) is 0 Å². The van der Waals surface area contributed by atoms with Gasteiger partial charge in [0.1, 0.15) is 0 Å². The summed E-state index contributed by atoms with van der Waals surface area (Å²) in [7, 11) is 0. The van der Waals surface area contributed by atoms with Gasteiger partial charge in [0.25, 0.3) is 0 Å². The minimum absolute atomic E-state index is 0.217. The second kappa shape index (κ2) is 9.50. The number of amides is 2. The summed E-state index contributed by atoms with van der Waals surface area (Å²) in [5.74, 6) is -0.384. The summed E-state index contributed by atoms with van der Waals surface area (Å²) in [5, 5.41) is 6.34. The molecule has 5 nitrogen and oxygen atoms in total. The van der Waals surface area contributed by atoms with Crippen molar-refractivity contribution >= 4 is 23.8 Å². The van der Waals surface area contributed by atoms with Crippen molar-refractivity contribution in [2.24, 2.45) is 0 Å². The van der Waals surface area contributed by atoms with Gasteiger partial charge in [0.05, 0.1) is 17.7 Å². The van der Waals surface area contributed by atoms with E-state index in [0.717, 1.165) is 5.56 Å². The van der Waals surface area contributed by atoms with Crippen LogP contribution in [0, 0.1) is 0 Å². The van der Waals surface area contributed by atoms with E-state index in [2.05, 4.69) is 22.8 Å². The molecule has 2 N–H and O–H groups in total. The normalized spacial score (nSPS) is 20.7. The lowest BCUT2D eigenvalue weighted by molar-refractivity contribution is -0.143. The highest BCUT2D eigenvalue weighted by Gasteiger charge is 2.33. The molecule has 28 heavy (non-hydrogen) atoms. The smallest absolute Gasteiger partial charge is 0.338 e. The summed E-state index contributed by atoms with van der Waals surface area (Å²) in [6, 6.07) is 7.43. The Hall–Kier alpha value is -1.95. The number of hydrogen-bond donors (Lipinski definition) is 2. The number of esters is 1. The monoisotopic (exact) mass is 402 g/mol. The molecule has 1 fully saturated rings. The number of urea groups is 1. The minimum atomic E-state index is -0.497. The lowest BCUT2D eigenvalue weighted by atomic mass is 9.94. The Balaban J connectivity index is 1.82. The SMILES string of the molecule is CCC1=C(C(=O)OC(C)C)C(c2ccc(SC3CCCCC3)cc2)NC(=O)N1. The van der Waals surface area contributed by atoms with Crippen LogP contribution >= 0.6 is 11.8 Å². The van der Waals surface area contributed by atoms with Gasteiger partial charge in [0.15, 0.2) is 0 Å². The maximum Gasteiger partial charge on any atom is 0.338 e. The fourth-order valence-corrected chi connectivity index (χ4v) is 5.03. The summed E-state index contributed by atoms with van der Waals surface area (Å²) in [6.07, 6.45) is 6.90. The minimum Gasteiger partial charge on any atom is -0.459 e. The molecule has 1 atom stereocenters. The Kier molecular flexibility index (Phi) is 7.05. The predicted octanol–water partition coefficient (Wildman–Crippen LogP) is 5.08. The molecule has 3 rings (SSSR count). The standard InChI is InChI=1S/C22H30N2O3S/c1-4-18-19(21(25)27-14(2)3)20(24-22(26)23-18)15-10-12-17(13-11-15)28-16-8-6-5-7-9-16/h10-14,16,20H,4-9H2,1-3H3,(H2,23,24,26). The third kappa shape index (κ3) is 5.10. The van der Waals surface area contributed by atoms with Crippen LogP contribution in [0.25, 0.3) is 0 Å². The zero-order valence-corrected chi connectivity index (χ0v) is 17.7. The van der Waals surface area contributed by atoms with E-state index in [1.807, 2.05) is 44.7 Å². The van der Waals surface area contributed by atoms with E-state index in [1.165, 1.54) is 37.0 Å². The fourth-order valence-electron chi connectivity index (χ4n) is 3.78. The average molecular weight is 403 g/mol. The van der Waals surface area contributed by atoms with Gasteiger partial charge in [-0.25, -0.2) is 9.59 Å². The number of nitrogens with one attached hydrogen (secondary N) is 2. The second-order valence-electron chi connectivity index (χ2n) is 7.68. The van der Waals surface area contributed by atoms with E-state index in [4.69, 9.17) is 4.74 Å². The maximum absolute atomic E-state index is 12.7. The van der Waals surface area contributed by atoms with E-state index in [0.29, 0.717) is 22.9 Å². The first-order valence-electron chi connectivity index (χ1n) is 10.3. The molecule has 6 heteroatoms. The molecule has 1 aromatic carbocycles. The average Bonchev–Trinajstić information content (AvgIpc) is 2.68. The van der Waals surface area contributed by atoms with Crippen molar-refractivity contribution in [3.05, 3.63) is 41.1 Å². The number of carbonyl (C=O) groups is 2. The molecule has 1 unspecified atom stereocenters. The van der Waals surface area contributed by atoms with E-state index in [9.17, 15) is 9.59 Å². The van der Waals surface area contributed by atoms with Gasteiger partial charge >= 0.3 is 12.0 Å². The Morgan fingerprint density at radius 3 is 2.46 bits per heavy atom. The first-order valence-corrected chi connectivity index (χ1v) is 11.1. The summed E-state index contributed by atoms with van der Waals surface area (Å²) in [5.41, 5.74) is 2.01. The number of benzene rings is 1. The largest absolute Gasteiger partial charge is 0.459 e. The van der Waals surface area contributed by atoms with Crippen molar-refractivity contribution in [1.82, 2.24) is 10.6 Å². The molecule has 0 saturated heterocycles. The third-order valence-corrected chi connectivity index (χ3v) is 6.49. The van der Waals surface area contributed by atoms with Crippen LogP contribution in [0.15, 0.2) is 40.4 Å². The molecule has 0 radical (unpaired) electrons. The van der Waals surface area contributed by atoms with Gasteiger partial charge in [0.2, 0.25) is 0 Å². The first kappa shape index (κ1) is 20.8. The van der Waals surface area contributed by atoms with Gasteiger partial charge in [0, 0.05) is 15.8 Å². The van der Waals surface area contributed by atoms with Crippen LogP contribution in [0.2, 0.25) is 0 Å². The van der Waals surface area contributed by atoms with Gasteiger partial charge < -0.3 is 15.4 Å². The highest BCUT2D eigenvalue weighted by Crippen LogP contribution is 2.35. The lowest BCUT2D eigenvalue weighted by Gasteiger charge is -2.29. The van der Waals surface area contributed by atoms with Gasteiger partial charge in [-0.3, -0.25) is 0 Å². The molecular weight excluding hydrogens is 372 g/mol. The van der Waals surface area contributed by atoms with Gasteiger partial charge in [-0.05, 0) is 50.8 Å². The van der Waals surface area contributed by atoms with Crippen LogP contribution in [-0.2, 0) is 9.53 Å². The Morgan fingerprint density at radius 2 is 1.86 bits per heavy atom. The van der Waals surface area contributed by atoms with Crippen LogP contribution in [-0.4, -0.2) is 23.4 Å². The fraction of sp³-hybridized carbons (Fsp3) is 0.545. The molecule has 2 amide bonds. The second-order valence-corrected chi connectivity index (χ2v) is 9.05. The van der Waals surface area contributed by atoms with E-state index < -0.39 is 6.04 Å². The van der Waals surface area contributed by atoms with E-state index in [-0.39, 0.29) is 18.1 Å². The molecule has 1 saturated carbocycles. The maximum atomic E-state index is 12.7. The number of hydrogen-bond acceptors (Lipinski definition) is 4. The van der Waals surface area contributed by atoms with Crippen LogP contribution < -0.4 is 10.6 Å². The molecule has 2 aliphatic rings. The topological polar surface area (TPSA) is 67.4 Å². The zero-order chi connectivity index (χ0) is 20.1. The van der Waals surface area contributed by atoms with Crippen LogP contribution in [0.3, 0.4) is 0 Å². The predicted molar refractivity (Wildman–Crippen MR) is 112 cm³/mol. The quantitative estimate of drug-likeness (QED) is 0.651. The molecule has 1 aliphatic carbocycles. The number of ether oxygens (including phenoxy) is 1. The highest BCUT2D eigenvalue weighted by atomic mass is 32.2. The molecule has 0 aromatic heterocycles. The Morgan fingerprint density at radius 1 is 1.18 bits per heavy atom. The molecule has 1 aromatic rings. The van der Waals surface area contributed by atoms with Crippen molar-refractivity contribution in [3.63, 3.8) is 0 Å². The number of allylic oxidation sites excluding steroid dienone is 1. The van der Waals surface area contributed by atoms with E-state index in [1.54, 1.807) is 0 Å². The summed E-state index contributed by atoms with van der Waals surface area (Å²) >= 11 is 1.94. The Labute approximate surface area is 171 Å². The van der Waals surface area contributed by atoms with Crippen molar-refractivity contribution < 1.29 is 14.3 Å². The van der Waals surface area contributed by atoms with Crippen molar-refractivity contribution in [3.8, 4) is 0 Å².